The van der Waals surface area contributed by atoms with Crippen molar-refractivity contribution in [2.24, 2.45) is 10.9 Å². The second kappa shape index (κ2) is 7.39. The normalized spacial score (nSPS) is 21.6. The van der Waals surface area contributed by atoms with E-state index in [1.807, 2.05) is 26.1 Å². The van der Waals surface area contributed by atoms with Crippen molar-refractivity contribution in [2.45, 2.75) is 45.6 Å². The maximum atomic E-state index is 14.2. The van der Waals surface area contributed by atoms with Gasteiger partial charge in [0.05, 0.1) is 6.10 Å². The summed E-state index contributed by atoms with van der Waals surface area (Å²) in [6.45, 7) is 5.28. The van der Waals surface area contributed by atoms with Crippen LogP contribution in [0.3, 0.4) is 0 Å². The number of rotatable bonds is 4. The molecular formula is C22H24FNO3. The Bertz CT molecular complexity index is 861. The van der Waals surface area contributed by atoms with Gasteiger partial charge in [-0.15, -0.1) is 0 Å². The Morgan fingerprint density at radius 3 is 2.78 bits per heavy atom. The maximum Gasteiger partial charge on any atom is 0.167 e. The number of hydrogen-bond donors (Lipinski definition) is 0. The molecule has 1 aromatic carbocycles. The van der Waals surface area contributed by atoms with Gasteiger partial charge in [0.25, 0.3) is 0 Å². The third-order valence-electron chi connectivity index (χ3n) is 5.27. The van der Waals surface area contributed by atoms with Crippen molar-refractivity contribution in [1.29, 1.82) is 0 Å². The summed E-state index contributed by atoms with van der Waals surface area (Å²) in [5.41, 5.74) is 4.34. The molecule has 3 aliphatic rings. The summed E-state index contributed by atoms with van der Waals surface area (Å²) in [4.78, 5) is 17.1. The van der Waals surface area contributed by atoms with Crippen molar-refractivity contribution in [3.05, 3.63) is 46.9 Å². The van der Waals surface area contributed by atoms with E-state index in [-0.39, 0.29) is 24.1 Å². The quantitative estimate of drug-likeness (QED) is 0.745. The Morgan fingerprint density at radius 2 is 2.04 bits per heavy atom. The molecule has 142 valence electrons. The number of benzene rings is 1. The Labute approximate surface area is 158 Å². The largest absolute Gasteiger partial charge is 0.488 e. The van der Waals surface area contributed by atoms with Gasteiger partial charge in [0, 0.05) is 49.5 Å². The van der Waals surface area contributed by atoms with E-state index in [2.05, 4.69) is 4.99 Å². The Morgan fingerprint density at radius 1 is 1.26 bits per heavy atom. The third-order valence-corrected chi connectivity index (χ3v) is 5.27. The third kappa shape index (κ3) is 3.74. The molecule has 0 atom stereocenters. The fourth-order valence-corrected chi connectivity index (χ4v) is 3.93. The molecule has 1 fully saturated rings. The van der Waals surface area contributed by atoms with Crippen LogP contribution in [-0.2, 0) is 16.0 Å². The summed E-state index contributed by atoms with van der Waals surface area (Å²) in [7, 11) is 0. The molecule has 4 rings (SSSR count). The van der Waals surface area contributed by atoms with Gasteiger partial charge in [0.2, 0.25) is 0 Å². The van der Waals surface area contributed by atoms with E-state index in [1.165, 1.54) is 11.8 Å². The summed E-state index contributed by atoms with van der Waals surface area (Å²) in [5.74, 6) is 0.273. The number of hydrogen-bond acceptors (Lipinski definition) is 4. The van der Waals surface area contributed by atoms with Crippen LogP contribution in [0.4, 0.5) is 4.39 Å². The number of ketones is 1. The first kappa shape index (κ1) is 18.1. The van der Waals surface area contributed by atoms with E-state index in [0.29, 0.717) is 11.5 Å². The molecule has 2 heterocycles. The molecule has 27 heavy (non-hydrogen) atoms. The van der Waals surface area contributed by atoms with Gasteiger partial charge in [-0.05, 0) is 61.6 Å². The van der Waals surface area contributed by atoms with E-state index in [1.54, 1.807) is 6.07 Å². The van der Waals surface area contributed by atoms with Crippen molar-refractivity contribution >= 4 is 17.1 Å². The number of allylic oxidation sites excluding steroid dienone is 3. The first-order valence-electron chi connectivity index (χ1n) is 9.59. The van der Waals surface area contributed by atoms with Crippen molar-refractivity contribution < 1.29 is 18.7 Å². The highest BCUT2D eigenvalue weighted by Gasteiger charge is 2.28. The molecular weight excluding hydrogens is 345 g/mol. The second-order valence-corrected chi connectivity index (χ2v) is 7.65. The number of aliphatic imine (C=N–C) groups is 1. The van der Waals surface area contributed by atoms with Crippen molar-refractivity contribution in [3.8, 4) is 5.75 Å². The molecule has 0 N–H and O–H groups in total. The zero-order valence-corrected chi connectivity index (χ0v) is 15.8. The molecule has 4 nitrogen and oxygen atoms in total. The second-order valence-electron chi connectivity index (χ2n) is 7.65. The molecule has 1 aromatic rings. The fourth-order valence-electron chi connectivity index (χ4n) is 3.93. The lowest BCUT2D eigenvalue weighted by molar-refractivity contribution is -0.112. The molecule has 0 radical (unpaired) electrons. The topological polar surface area (TPSA) is 47.9 Å². The van der Waals surface area contributed by atoms with Crippen LogP contribution < -0.4 is 4.74 Å². The molecule has 5 heteroatoms. The van der Waals surface area contributed by atoms with Crippen molar-refractivity contribution in [1.82, 2.24) is 0 Å². The van der Waals surface area contributed by atoms with Gasteiger partial charge in [-0.3, -0.25) is 9.79 Å². The standard InChI is InChI=1S/C22H24FNO3/c1-13(2)27-22-11-17-16(9-19(22)23)10-21(25)18(17)7-14-8-20(24-12-14)15-3-5-26-6-4-15/h7,9,11-13,15H,3-6,8,10H2,1-2H3/b18-7-. The Kier molecular flexibility index (Phi) is 4.96. The lowest BCUT2D eigenvalue weighted by Crippen LogP contribution is -2.22. The number of carbonyl (C=O) groups excluding carboxylic acids is 1. The smallest absolute Gasteiger partial charge is 0.167 e. The highest BCUT2D eigenvalue weighted by atomic mass is 19.1. The average Bonchev–Trinajstić information content (AvgIpc) is 3.22. The van der Waals surface area contributed by atoms with Crippen molar-refractivity contribution in [3.63, 3.8) is 0 Å². The van der Waals surface area contributed by atoms with Gasteiger partial charge < -0.3 is 9.47 Å². The number of carbonyl (C=O) groups is 1. The maximum absolute atomic E-state index is 14.2. The number of fused-ring (bicyclic) bond motifs is 1. The van der Waals surface area contributed by atoms with Crippen LogP contribution in [0.2, 0.25) is 0 Å². The van der Waals surface area contributed by atoms with E-state index in [0.717, 1.165) is 49.2 Å². The van der Waals surface area contributed by atoms with Gasteiger partial charge in [0.1, 0.15) is 0 Å². The number of ether oxygens (including phenoxy) is 2. The number of halogens is 1. The van der Waals surface area contributed by atoms with Crippen molar-refractivity contribution in [2.75, 3.05) is 13.2 Å². The predicted octanol–water partition coefficient (Wildman–Crippen LogP) is 4.28. The van der Waals surface area contributed by atoms with Gasteiger partial charge in [-0.2, -0.15) is 0 Å². The summed E-state index contributed by atoms with van der Waals surface area (Å²) in [5, 5.41) is 0. The molecule has 2 aliphatic heterocycles. The van der Waals surface area contributed by atoms with Gasteiger partial charge in [-0.25, -0.2) is 4.39 Å². The van der Waals surface area contributed by atoms with Crippen LogP contribution in [0, 0.1) is 11.7 Å². The van der Waals surface area contributed by atoms with E-state index in [4.69, 9.17) is 9.47 Å². The van der Waals surface area contributed by atoms with Crippen LogP contribution in [-0.4, -0.2) is 30.8 Å². The van der Waals surface area contributed by atoms with E-state index in [9.17, 15) is 9.18 Å². The molecule has 1 aliphatic carbocycles. The predicted molar refractivity (Wildman–Crippen MR) is 103 cm³/mol. The monoisotopic (exact) mass is 369 g/mol. The highest BCUT2D eigenvalue weighted by molar-refractivity contribution is 6.26. The average molecular weight is 369 g/mol. The fraction of sp³-hybridized carbons (Fsp3) is 0.455. The molecule has 0 amide bonds. The molecule has 0 spiro atoms. The molecule has 0 saturated carbocycles. The minimum Gasteiger partial charge on any atom is -0.488 e. The molecule has 0 bridgehead atoms. The van der Waals surface area contributed by atoms with Crippen LogP contribution >= 0.6 is 0 Å². The first-order valence-corrected chi connectivity index (χ1v) is 9.59. The van der Waals surface area contributed by atoms with Crippen LogP contribution in [0.25, 0.3) is 5.57 Å². The van der Waals surface area contributed by atoms with E-state index >= 15 is 0 Å². The number of Topliss-reactive ketones (excluding diaryl/α,β-unsaturated/α-hetero) is 1. The van der Waals surface area contributed by atoms with Crippen LogP contribution in [0.5, 0.6) is 5.75 Å². The van der Waals surface area contributed by atoms with Gasteiger partial charge in [-0.1, -0.05) is 0 Å². The number of nitrogens with zero attached hydrogens (tertiary/aromatic N) is 1. The first-order chi connectivity index (χ1) is 13.0. The summed E-state index contributed by atoms with van der Waals surface area (Å²) >= 11 is 0. The minimum absolute atomic E-state index is 0.0199. The molecule has 0 unspecified atom stereocenters. The van der Waals surface area contributed by atoms with Gasteiger partial charge in [0.15, 0.2) is 17.3 Å². The lowest BCUT2D eigenvalue weighted by Gasteiger charge is -2.22. The SMILES string of the molecule is CC(C)Oc1cc2c(cc1F)CC(=O)/C2=C\C1=CN=C(C2CCOCC2)C1. The van der Waals surface area contributed by atoms with E-state index < -0.39 is 5.82 Å². The Balaban J connectivity index is 1.56. The zero-order valence-electron chi connectivity index (χ0n) is 15.8. The summed E-state index contributed by atoms with van der Waals surface area (Å²) in [6.07, 6.45) is 6.67. The van der Waals surface area contributed by atoms with Crippen LogP contribution in [0.15, 0.2) is 35.0 Å². The summed E-state index contributed by atoms with van der Waals surface area (Å²) in [6, 6.07) is 3.09. The summed E-state index contributed by atoms with van der Waals surface area (Å²) < 4.78 is 25.2. The minimum atomic E-state index is -0.415. The van der Waals surface area contributed by atoms with Gasteiger partial charge >= 0.3 is 0 Å². The molecule has 0 aromatic heterocycles. The highest BCUT2D eigenvalue weighted by Crippen LogP contribution is 2.36. The van der Waals surface area contributed by atoms with Crippen LogP contribution in [0.1, 0.15) is 44.2 Å². The lowest BCUT2D eigenvalue weighted by atomic mass is 9.91. The molecule has 1 saturated heterocycles. The zero-order chi connectivity index (χ0) is 19.0. The Hall–Kier alpha value is -2.27.